The Kier molecular flexibility index (Phi) is 4.67. The van der Waals surface area contributed by atoms with E-state index in [1.165, 1.54) is 41.7 Å². The number of nitrogens with zero attached hydrogens (tertiary/aromatic N) is 2. The van der Waals surface area contributed by atoms with Crippen LogP contribution in [0.25, 0.3) is 6.08 Å². The van der Waals surface area contributed by atoms with E-state index in [0.29, 0.717) is 17.3 Å². The minimum Gasteiger partial charge on any atom is -0.321 e. The van der Waals surface area contributed by atoms with E-state index in [1.54, 1.807) is 0 Å². The van der Waals surface area contributed by atoms with Crippen LogP contribution in [0.5, 0.6) is 0 Å². The molecule has 9 heteroatoms. The van der Waals surface area contributed by atoms with Gasteiger partial charge in [-0.15, -0.1) is 11.3 Å². The maximum atomic E-state index is 12.2. The third kappa shape index (κ3) is 4.30. The molecular weight excluding hydrogens is 360 g/mol. The van der Waals surface area contributed by atoms with Crippen molar-refractivity contribution in [2.45, 2.75) is 23.7 Å². The van der Waals surface area contributed by atoms with Gasteiger partial charge in [-0.2, -0.15) is 5.26 Å². The topological polar surface area (TPSA) is 126 Å². The fraction of sp³-hybridized carbons (Fsp3) is 0.188. The zero-order valence-electron chi connectivity index (χ0n) is 13.0. The van der Waals surface area contributed by atoms with E-state index in [1.807, 2.05) is 11.4 Å². The van der Waals surface area contributed by atoms with Crippen molar-refractivity contribution in [3.8, 4) is 6.07 Å². The molecule has 1 amide bonds. The van der Waals surface area contributed by atoms with Crippen LogP contribution in [0, 0.1) is 11.3 Å². The van der Waals surface area contributed by atoms with Gasteiger partial charge in [0.1, 0.15) is 11.6 Å². The van der Waals surface area contributed by atoms with Crippen molar-refractivity contribution in [3.63, 3.8) is 0 Å². The molecule has 7 nitrogen and oxygen atoms in total. The van der Waals surface area contributed by atoms with Gasteiger partial charge in [0.05, 0.1) is 15.6 Å². The molecule has 0 radical (unpaired) electrons. The van der Waals surface area contributed by atoms with Gasteiger partial charge in [0.2, 0.25) is 10.0 Å². The highest BCUT2D eigenvalue weighted by Gasteiger charge is 2.26. The Hall–Kier alpha value is -2.54. The second-order valence-electron chi connectivity index (χ2n) is 5.58. The van der Waals surface area contributed by atoms with Crippen molar-refractivity contribution < 1.29 is 13.2 Å². The van der Waals surface area contributed by atoms with E-state index in [4.69, 9.17) is 5.14 Å². The first-order valence-electron chi connectivity index (χ1n) is 7.38. The Bertz CT molecular complexity index is 981. The maximum Gasteiger partial charge on any atom is 0.266 e. The van der Waals surface area contributed by atoms with Gasteiger partial charge < -0.3 is 5.32 Å². The number of carbonyl (C=O) groups is 1. The summed E-state index contributed by atoms with van der Waals surface area (Å²) in [5.41, 5.74) is 0.863. The summed E-state index contributed by atoms with van der Waals surface area (Å²) >= 11 is 1.53. The molecule has 0 spiro atoms. The van der Waals surface area contributed by atoms with Crippen LogP contribution >= 0.6 is 11.3 Å². The highest BCUT2D eigenvalue weighted by Crippen LogP contribution is 2.41. The smallest absolute Gasteiger partial charge is 0.266 e. The number of aromatic nitrogens is 1. The molecule has 0 saturated heterocycles. The molecule has 1 aromatic carbocycles. The average Bonchev–Trinajstić information content (AvgIpc) is 3.31. The maximum absolute atomic E-state index is 12.2. The standard InChI is InChI=1S/C16H14N4O3S2/c17-8-11(7-13-9-24-16(20-13)10-1-2-10)15(21)19-12-3-5-14(6-4-12)25(18,22)23/h3-7,9-10H,1-2H2,(H,19,21)(H2,18,22,23)/b11-7-. The summed E-state index contributed by atoms with van der Waals surface area (Å²) in [7, 11) is -3.79. The molecule has 1 aliphatic carbocycles. The zero-order valence-corrected chi connectivity index (χ0v) is 14.6. The number of hydrogen-bond acceptors (Lipinski definition) is 6. The van der Waals surface area contributed by atoms with Crippen LogP contribution in [0.1, 0.15) is 29.5 Å². The SMILES string of the molecule is N#C/C(=C/c1csc(C2CC2)n1)C(=O)Nc1ccc(S(N)(=O)=O)cc1. The molecule has 3 N–H and O–H groups in total. The van der Waals surface area contributed by atoms with E-state index >= 15 is 0 Å². The Morgan fingerprint density at radius 1 is 1.36 bits per heavy atom. The van der Waals surface area contributed by atoms with Gasteiger partial charge in [-0.25, -0.2) is 18.5 Å². The van der Waals surface area contributed by atoms with Crippen molar-refractivity contribution in [1.82, 2.24) is 4.98 Å². The molecule has 1 saturated carbocycles. The minimum atomic E-state index is -3.79. The summed E-state index contributed by atoms with van der Waals surface area (Å²) in [6.07, 6.45) is 3.71. The predicted molar refractivity (Wildman–Crippen MR) is 94.1 cm³/mol. The average molecular weight is 374 g/mol. The van der Waals surface area contributed by atoms with Crippen LogP contribution < -0.4 is 10.5 Å². The molecule has 0 aliphatic heterocycles. The molecular formula is C16H14N4O3S2. The van der Waals surface area contributed by atoms with Gasteiger partial charge in [0.25, 0.3) is 5.91 Å². The lowest BCUT2D eigenvalue weighted by Gasteiger charge is -2.05. The van der Waals surface area contributed by atoms with Crippen molar-refractivity contribution in [1.29, 1.82) is 5.26 Å². The Balaban J connectivity index is 1.73. The lowest BCUT2D eigenvalue weighted by molar-refractivity contribution is -0.112. The molecule has 1 fully saturated rings. The number of nitrogens with two attached hydrogens (primary N) is 1. The third-order valence-electron chi connectivity index (χ3n) is 3.56. The number of thiazole rings is 1. The van der Waals surface area contributed by atoms with Gasteiger partial charge in [-0.1, -0.05) is 0 Å². The van der Waals surface area contributed by atoms with Gasteiger partial charge in [0, 0.05) is 17.0 Å². The number of rotatable bonds is 5. The Morgan fingerprint density at radius 3 is 2.60 bits per heavy atom. The molecule has 3 rings (SSSR count). The highest BCUT2D eigenvalue weighted by atomic mass is 32.2. The predicted octanol–water partition coefficient (Wildman–Crippen LogP) is 2.21. The quantitative estimate of drug-likeness (QED) is 0.613. The number of sulfonamides is 1. The van der Waals surface area contributed by atoms with Gasteiger partial charge in [0.15, 0.2) is 0 Å². The lowest BCUT2D eigenvalue weighted by Crippen LogP contribution is -2.14. The monoisotopic (exact) mass is 374 g/mol. The third-order valence-corrected chi connectivity index (χ3v) is 5.52. The summed E-state index contributed by atoms with van der Waals surface area (Å²) in [4.78, 5) is 16.6. The Morgan fingerprint density at radius 2 is 2.04 bits per heavy atom. The first kappa shape index (κ1) is 17.3. The first-order chi connectivity index (χ1) is 11.9. The van der Waals surface area contributed by atoms with Crippen molar-refractivity contribution in [3.05, 3.63) is 45.9 Å². The number of carbonyl (C=O) groups excluding carboxylic acids is 1. The van der Waals surface area contributed by atoms with Crippen molar-refractivity contribution in [2.75, 3.05) is 5.32 Å². The van der Waals surface area contributed by atoms with Gasteiger partial charge >= 0.3 is 0 Å². The molecule has 25 heavy (non-hydrogen) atoms. The summed E-state index contributed by atoms with van der Waals surface area (Å²) in [6, 6.07) is 7.23. The molecule has 1 heterocycles. The number of primary sulfonamides is 1. The zero-order chi connectivity index (χ0) is 18.0. The van der Waals surface area contributed by atoms with Crippen LogP contribution in [-0.2, 0) is 14.8 Å². The van der Waals surface area contributed by atoms with Crippen LogP contribution in [0.2, 0.25) is 0 Å². The first-order valence-corrected chi connectivity index (χ1v) is 9.81. The van der Waals surface area contributed by atoms with E-state index in [9.17, 15) is 18.5 Å². The van der Waals surface area contributed by atoms with Crippen LogP contribution in [-0.4, -0.2) is 19.3 Å². The number of amides is 1. The number of benzene rings is 1. The number of hydrogen-bond donors (Lipinski definition) is 2. The summed E-state index contributed by atoms with van der Waals surface area (Å²) in [5.74, 6) is -0.0734. The molecule has 0 bridgehead atoms. The molecule has 128 valence electrons. The van der Waals surface area contributed by atoms with Gasteiger partial charge in [-0.3, -0.25) is 4.79 Å². The van der Waals surface area contributed by atoms with Crippen LogP contribution in [0.15, 0.2) is 40.1 Å². The molecule has 0 atom stereocenters. The van der Waals surface area contributed by atoms with Crippen molar-refractivity contribution in [2.24, 2.45) is 5.14 Å². The summed E-state index contributed by atoms with van der Waals surface area (Å²) < 4.78 is 22.4. The summed E-state index contributed by atoms with van der Waals surface area (Å²) in [5, 5.41) is 19.6. The molecule has 1 aromatic heterocycles. The largest absolute Gasteiger partial charge is 0.321 e. The number of nitriles is 1. The normalized spacial score (nSPS) is 14.8. The fourth-order valence-corrected chi connectivity index (χ4v) is 3.57. The Labute approximate surface area is 148 Å². The number of anilines is 1. The van der Waals surface area contributed by atoms with E-state index < -0.39 is 15.9 Å². The summed E-state index contributed by atoms with van der Waals surface area (Å²) in [6.45, 7) is 0. The van der Waals surface area contributed by atoms with Crippen LogP contribution in [0.4, 0.5) is 5.69 Å². The minimum absolute atomic E-state index is 0.0587. The van der Waals surface area contributed by atoms with E-state index in [-0.39, 0.29) is 10.5 Å². The number of nitrogens with one attached hydrogen (secondary N) is 1. The lowest BCUT2D eigenvalue weighted by atomic mass is 10.2. The second kappa shape index (κ2) is 6.76. The fourth-order valence-electron chi connectivity index (χ4n) is 2.11. The van der Waals surface area contributed by atoms with Crippen molar-refractivity contribution >= 4 is 39.0 Å². The molecule has 1 aliphatic rings. The van der Waals surface area contributed by atoms with E-state index in [2.05, 4.69) is 10.3 Å². The second-order valence-corrected chi connectivity index (χ2v) is 8.03. The van der Waals surface area contributed by atoms with E-state index in [0.717, 1.165) is 17.8 Å². The highest BCUT2D eigenvalue weighted by molar-refractivity contribution is 7.89. The molecule has 2 aromatic rings. The van der Waals surface area contributed by atoms with Crippen LogP contribution in [0.3, 0.4) is 0 Å². The van der Waals surface area contributed by atoms with Gasteiger partial charge in [-0.05, 0) is 43.2 Å². The molecule has 0 unspecified atom stereocenters.